The molecule has 0 saturated heterocycles. The highest BCUT2D eigenvalue weighted by atomic mass is 19.4. The van der Waals surface area contributed by atoms with Crippen LogP contribution in [0.25, 0.3) is 0 Å². The van der Waals surface area contributed by atoms with Crippen LogP contribution in [-0.4, -0.2) is 40.0 Å². The van der Waals surface area contributed by atoms with E-state index in [1.165, 1.54) is 11.0 Å². The molecule has 1 aliphatic carbocycles. The number of para-hydroxylation sites is 1. The number of carboxylic acid groups (broad SMARTS) is 1. The fraction of sp³-hybridized carbons (Fsp3) is 0.400. The van der Waals surface area contributed by atoms with E-state index in [2.05, 4.69) is 5.32 Å². The van der Waals surface area contributed by atoms with Gasteiger partial charge in [0.15, 0.2) is 0 Å². The SMILES string of the molecule is N[C@H](C(=O)N1Cc2ccccc2[C@H]1C(=O)Nc1c(F)cccc1F)C1CCCCC1.O=C(O)C(F)(F)F. The summed E-state index contributed by atoms with van der Waals surface area (Å²) in [5.41, 5.74) is 7.29. The molecule has 0 unspecified atom stereocenters. The molecule has 2 aliphatic rings. The van der Waals surface area contributed by atoms with Gasteiger partial charge in [-0.05, 0) is 42.0 Å². The van der Waals surface area contributed by atoms with Crippen molar-refractivity contribution in [2.45, 2.75) is 56.9 Å². The first kappa shape index (κ1) is 28.0. The van der Waals surface area contributed by atoms with Crippen molar-refractivity contribution in [1.29, 1.82) is 0 Å². The number of halogens is 5. The number of benzene rings is 2. The lowest BCUT2D eigenvalue weighted by Crippen LogP contribution is -2.49. The van der Waals surface area contributed by atoms with E-state index in [4.69, 9.17) is 15.6 Å². The summed E-state index contributed by atoms with van der Waals surface area (Å²) < 4.78 is 59.9. The predicted molar refractivity (Wildman–Crippen MR) is 123 cm³/mol. The van der Waals surface area contributed by atoms with Crippen LogP contribution in [0.5, 0.6) is 0 Å². The minimum Gasteiger partial charge on any atom is -0.475 e. The summed E-state index contributed by atoms with van der Waals surface area (Å²) in [6.07, 6.45) is -0.0630. The van der Waals surface area contributed by atoms with Crippen LogP contribution in [0.4, 0.5) is 27.6 Å². The molecule has 0 spiro atoms. The van der Waals surface area contributed by atoms with Gasteiger partial charge in [-0.15, -0.1) is 0 Å². The first-order valence-corrected chi connectivity index (χ1v) is 11.6. The van der Waals surface area contributed by atoms with Crippen molar-refractivity contribution in [3.8, 4) is 0 Å². The Morgan fingerprint density at radius 3 is 2.11 bits per heavy atom. The third kappa shape index (κ3) is 6.62. The third-order valence-corrected chi connectivity index (χ3v) is 6.43. The van der Waals surface area contributed by atoms with Gasteiger partial charge in [-0.25, -0.2) is 13.6 Å². The maximum atomic E-state index is 14.1. The maximum absolute atomic E-state index is 14.1. The number of nitrogens with zero attached hydrogens (tertiary/aromatic N) is 1. The van der Waals surface area contributed by atoms with E-state index >= 15 is 0 Å². The van der Waals surface area contributed by atoms with Crippen molar-refractivity contribution < 1.29 is 41.4 Å². The summed E-state index contributed by atoms with van der Waals surface area (Å²) in [6, 6.07) is 8.91. The number of carbonyl (C=O) groups excluding carboxylic acids is 2. The number of amides is 2. The van der Waals surface area contributed by atoms with Crippen molar-refractivity contribution in [3.63, 3.8) is 0 Å². The summed E-state index contributed by atoms with van der Waals surface area (Å²) in [6.45, 7) is 0.243. The van der Waals surface area contributed by atoms with Gasteiger partial charge in [0.05, 0.1) is 6.04 Å². The Morgan fingerprint density at radius 2 is 1.54 bits per heavy atom. The van der Waals surface area contributed by atoms with Crippen molar-refractivity contribution >= 4 is 23.5 Å². The molecule has 200 valence electrons. The summed E-state index contributed by atoms with van der Waals surface area (Å²) in [4.78, 5) is 36.7. The van der Waals surface area contributed by atoms with Crippen LogP contribution in [0.1, 0.15) is 49.3 Å². The lowest BCUT2D eigenvalue weighted by atomic mass is 9.83. The number of hydrogen-bond donors (Lipinski definition) is 3. The van der Waals surface area contributed by atoms with Crippen LogP contribution in [-0.2, 0) is 20.9 Å². The Labute approximate surface area is 209 Å². The monoisotopic (exact) mass is 527 g/mol. The molecule has 0 bridgehead atoms. The van der Waals surface area contributed by atoms with Crippen LogP contribution in [0.15, 0.2) is 42.5 Å². The summed E-state index contributed by atoms with van der Waals surface area (Å²) in [7, 11) is 0. The normalized spacial score (nSPS) is 18.3. The molecule has 0 aromatic heterocycles. The molecule has 2 atom stereocenters. The Morgan fingerprint density at radius 1 is 0.973 bits per heavy atom. The molecule has 1 heterocycles. The van der Waals surface area contributed by atoms with Gasteiger partial charge >= 0.3 is 12.1 Å². The van der Waals surface area contributed by atoms with Crippen LogP contribution in [0, 0.1) is 17.6 Å². The molecule has 1 aliphatic heterocycles. The zero-order chi connectivity index (χ0) is 27.3. The Balaban J connectivity index is 0.000000479. The van der Waals surface area contributed by atoms with Gasteiger partial charge in [0.25, 0.3) is 5.91 Å². The molecule has 37 heavy (non-hydrogen) atoms. The van der Waals surface area contributed by atoms with Crippen molar-refractivity contribution in [1.82, 2.24) is 4.90 Å². The average molecular weight is 527 g/mol. The number of fused-ring (bicyclic) bond motifs is 1. The number of nitrogens with two attached hydrogens (primary N) is 1. The number of rotatable bonds is 4. The number of carbonyl (C=O) groups is 3. The molecule has 1 fully saturated rings. The summed E-state index contributed by atoms with van der Waals surface area (Å²) in [5, 5.41) is 9.47. The summed E-state index contributed by atoms with van der Waals surface area (Å²) >= 11 is 0. The lowest BCUT2D eigenvalue weighted by molar-refractivity contribution is -0.192. The van der Waals surface area contributed by atoms with Gasteiger partial charge < -0.3 is 21.1 Å². The van der Waals surface area contributed by atoms with Crippen LogP contribution >= 0.6 is 0 Å². The number of hydrogen-bond acceptors (Lipinski definition) is 4. The number of nitrogens with one attached hydrogen (secondary N) is 1. The second kappa shape index (κ2) is 11.7. The fourth-order valence-electron chi connectivity index (χ4n) is 4.57. The largest absolute Gasteiger partial charge is 0.490 e. The Kier molecular flexibility index (Phi) is 8.85. The molecule has 2 aromatic rings. The smallest absolute Gasteiger partial charge is 0.475 e. The van der Waals surface area contributed by atoms with Crippen molar-refractivity contribution in [2.75, 3.05) is 5.32 Å². The van der Waals surface area contributed by atoms with E-state index in [-0.39, 0.29) is 18.4 Å². The summed E-state index contributed by atoms with van der Waals surface area (Å²) in [5.74, 6) is -5.37. The highest BCUT2D eigenvalue weighted by Gasteiger charge is 2.42. The Hall–Kier alpha value is -3.54. The van der Waals surface area contributed by atoms with Gasteiger partial charge in [0.1, 0.15) is 23.4 Å². The van der Waals surface area contributed by atoms with Crippen molar-refractivity contribution in [2.24, 2.45) is 11.7 Å². The third-order valence-electron chi connectivity index (χ3n) is 6.43. The molecule has 4 N–H and O–H groups in total. The molecular formula is C25H26F5N3O4. The standard InChI is InChI=1S/C23H25F2N3O2.C2HF3O2/c24-17-11-6-12-18(25)20(17)27-22(29)21-16-10-5-4-9-15(16)13-28(21)23(30)19(26)14-7-2-1-3-8-14;3-2(4,5)1(6)7/h4-6,9-12,14,19,21H,1-3,7-8,13,26H2,(H,27,29);(H,6,7)/t19-,21-;/m0./s1. The van der Waals surface area contributed by atoms with E-state index in [9.17, 15) is 31.5 Å². The zero-order valence-electron chi connectivity index (χ0n) is 19.6. The predicted octanol–water partition coefficient (Wildman–Crippen LogP) is 4.53. The van der Waals surface area contributed by atoms with Crippen LogP contribution in [0.3, 0.4) is 0 Å². The van der Waals surface area contributed by atoms with E-state index in [0.29, 0.717) is 5.56 Å². The average Bonchev–Trinajstić information content (AvgIpc) is 3.25. The quantitative estimate of drug-likeness (QED) is 0.506. The molecule has 12 heteroatoms. The first-order chi connectivity index (χ1) is 17.4. The van der Waals surface area contributed by atoms with E-state index in [1.54, 1.807) is 12.1 Å². The number of carboxylic acids is 1. The topological polar surface area (TPSA) is 113 Å². The van der Waals surface area contributed by atoms with E-state index in [0.717, 1.165) is 49.8 Å². The van der Waals surface area contributed by atoms with Gasteiger partial charge in [-0.2, -0.15) is 13.2 Å². The molecule has 2 aromatic carbocycles. The molecule has 7 nitrogen and oxygen atoms in total. The maximum Gasteiger partial charge on any atom is 0.490 e. The van der Waals surface area contributed by atoms with Crippen LogP contribution < -0.4 is 11.1 Å². The van der Waals surface area contributed by atoms with Crippen LogP contribution in [0.2, 0.25) is 0 Å². The number of aliphatic carboxylic acids is 1. The number of alkyl halides is 3. The minimum absolute atomic E-state index is 0.0858. The molecule has 1 saturated carbocycles. The van der Waals surface area contributed by atoms with E-state index < -0.39 is 47.5 Å². The molecule has 2 amide bonds. The lowest BCUT2D eigenvalue weighted by Gasteiger charge is -2.32. The Bertz CT molecular complexity index is 1130. The highest BCUT2D eigenvalue weighted by Crippen LogP contribution is 2.37. The fourth-order valence-corrected chi connectivity index (χ4v) is 4.57. The van der Waals surface area contributed by atoms with Crippen molar-refractivity contribution in [3.05, 3.63) is 65.2 Å². The highest BCUT2D eigenvalue weighted by molar-refractivity contribution is 5.99. The van der Waals surface area contributed by atoms with Gasteiger partial charge in [-0.3, -0.25) is 9.59 Å². The zero-order valence-corrected chi connectivity index (χ0v) is 19.6. The molecular weight excluding hydrogens is 501 g/mol. The second-order valence-electron chi connectivity index (χ2n) is 8.88. The number of anilines is 1. The minimum atomic E-state index is -5.08. The first-order valence-electron chi connectivity index (χ1n) is 11.6. The van der Waals surface area contributed by atoms with Gasteiger partial charge in [0, 0.05) is 6.54 Å². The molecule has 0 radical (unpaired) electrons. The van der Waals surface area contributed by atoms with Gasteiger partial charge in [0.2, 0.25) is 5.91 Å². The van der Waals surface area contributed by atoms with Gasteiger partial charge in [-0.1, -0.05) is 49.6 Å². The molecule has 4 rings (SSSR count). The van der Waals surface area contributed by atoms with E-state index in [1.807, 2.05) is 12.1 Å². The second-order valence-corrected chi connectivity index (χ2v) is 8.88.